The summed E-state index contributed by atoms with van der Waals surface area (Å²) in [6.07, 6.45) is 1.03. The predicted octanol–water partition coefficient (Wildman–Crippen LogP) is 6.43. The molecule has 2 heterocycles. The minimum Gasteiger partial charge on any atom is -0.493 e. The molecule has 0 N–H and O–H groups in total. The van der Waals surface area contributed by atoms with Crippen molar-refractivity contribution < 1.29 is 14.3 Å². The third kappa shape index (κ3) is 4.48. The van der Waals surface area contributed by atoms with Crippen molar-refractivity contribution in [1.82, 2.24) is 15.2 Å². The van der Waals surface area contributed by atoms with Gasteiger partial charge in [0.1, 0.15) is 5.75 Å². The zero-order valence-electron chi connectivity index (χ0n) is 20.6. The van der Waals surface area contributed by atoms with Crippen LogP contribution in [0.5, 0.6) is 11.6 Å². The van der Waals surface area contributed by atoms with Gasteiger partial charge in [0.15, 0.2) is 5.69 Å². The van der Waals surface area contributed by atoms with Crippen LogP contribution in [0.1, 0.15) is 45.4 Å². The van der Waals surface area contributed by atoms with Gasteiger partial charge in [-0.2, -0.15) is 4.98 Å². The van der Waals surface area contributed by atoms with E-state index < -0.39 is 6.23 Å². The fourth-order valence-corrected chi connectivity index (χ4v) is 5.00. The van der Waals surface area contributed by atoms with Crippen LogP contribution in [0.3, 0.4) is 0 Å². The van der Waals surface area contributed by atoms with Crippen LogP contribution in [0.2, 0.25) is 0 Å². The van der Waals surface area contributed by atoms with Crippen molar-refractivity contribution in [2.24, 2.45) is 0 Å². The molecule has 1 unspecified atom stereocenters. The van der Waals surface area contributed by atoms with Gasteiger partial charge in [0, 0.05) is 18.2 Å². The van der Waals surface area contributed by atoms with Gasteiger partial charge in [-0.1, -0.05) is 74.1 Å². The second-order valence-electron chi connectivity index (χ2n) is 8.52. The number of hydrogen-bond donors (Lipinski definition) is 0. The number of carbonyl (C=O) groups excluding carboxylic acids is 1. The van der Waals surface area contributed by atoms with Gasteiger partial charge in [0.05, 0.1) is 17.9 Å². The first kappa shape index (κ1) is 24.1. The van der Waals surface area contributed by atoms with E-state index in [4.69, 9.17) is 14.5 Å². The minimum atomic E-state index is -0.816. The number of hydrogen-bond acceptors (Lipinski definition) is 7. The van der Waals surface area contributed by atoms with Crippen LogP contribution in [-0.4, -0.2) is 33.4 Å². The Hall–Kier alpha value is -3.65. The van der Waals surface area contributed by atoms with Crippen molar-refractivity contribution in [2.75, 3.05) is 17.3 Å². The standard InChI is InChI=1S/C28H28N4O3S/c1-4-16-34-23-15-14-19-10-6-7-11-20(19)24(23)27-32(18(3)33)22-13-9-8-12-21(22)25-26(35-27)29-28(31-30-25)36-17-5-2/h6-15,27H,4-5,16-17H2,1-3H3. The molecule has 8 heteroatoms. The van der Waals surface area contributed by atoms with Gasteiger partial charge in [0.25, 0.3) is 0 Å². The lowest BCUT2D eigenvalue weighted by molar-refractivity contribution is -0.118. The van der Waals surface area contributed by atoms with Crippen LogP contribution in [0.4, 0.5) is 5.69 Å². The summed E-state index contributed by atoms with van der Waals surface area (Å²) in [6.45, 7) is 6.26. The van der Waals surface area contributed by atoms with Gasteiger partial charge in [-0.25, -0.2) is 0 Å². The Morgan fingerprint density at radius 3 is 2.64 bits per heavy atom. The summed E-state index contributed by atoms with van der Waals surface area (Å²) in [5.74, 6) is 1.73. The average molecular weight is 501 g/mol. The van der Waals surface area contributed by atoms with Crippen LogP contribution in [0.15, 0.2) is 65.8 Å². The van der Waals surface area contributed by atoms with Crippen molar-refractivity contribution >= 4 is 34.1 Å². The van der Waals surface area contributed by atoms with E-state index >= 15 is 0 Å². The molecule has 0 saturated carbocycles. The topological polar surface area (TPSA) is 77.4 Å². The van der Waals surface area contributed by atoms with E-state index in [2.05, 4.69) is 24.0 Å². The molecule has 3 aromatic carbocycles. The Bertz CT molecular complexity index is 1410. The molecule has 0 aliphatic carbocycles. The normalized spacial score (nSPS) is 14.5. The zero-order chi connectivity index (χ0) is 25.1. The first-order chi connectivity index (χ1) is 17.6. The van der Waals surface area contributed by atoms with Crippen LogP contribution in [0, 0.1) is 0 Å². The van der Waals surface area contributed by atoms with Crippen LogP contribution < -0.4 is 14.4 Å². The fraction of sp³-hybridized carbons (Fsp3) is 0.286. The number of rotatable bonds is 7. The molecule has 1 aliphatic heterocycles. The Labute approximate surface area is 214 Å². The van der Waals surface area contributed by atoms with Crippen molar-refractivity contribution in [3.63, 3.8) is 0 Å². The first-order valence-corrected chi connectivity index (χ1v) is 13.2. The molecular weight excluding hydrogens is 472 g/mol. The lowest BCUT2D eigenvalue weighted by Gasteiger charge is -2.31. The van der Waals surface area contributed by atoms with Crippen molar-refractivity contribution in [1.29, 1.82) is 0 Å². The number of aromatic nitrogens is 3. The van der Waals surface area contributed by atoms with Crippen molar-refractivity contribution in [3.8, 4) is 22.9 Å². The summed E-state index contributed by atoms with van der Waals surface area (Å²) in [5, 5.41) is 11.4. The number of ether oxygens (including phenoxy) is 2. The SMILES string of the molecule is CCCOc1ccc2ccccc2c1C1Oc2nc(SCCC)nnc2-c2ccccc2N1C(C)=O. The molecule has 7 nitrogen and oxygen atoms in total. The van der Waals surface area contributed by atoms with Crippen LogP contribution in [0.25, 0.3) is 22.0 Å². The lowest BCUT2D eigenvalue weighted by atomic mass is 10.0. The molecule has 1 aliphatic rings. The Balaban J connectivity index is 1.77. The van der Waals surface area contributed by atoms with E-state index in [1.54, 1.807) is 11.8 Å². The zero-order valence-corrected chi connectivity index (χ0v) is 21.4. The van der Waals surface area contributed by atoms with Gasteiger partial charge in [-0.3, -0.25) is 9.69 Å². The van der Waals surface area contributed by atoms with E-state index in [9.17, 15) is 4.79 Å². The Kier molecular flexibility index (Phi) is 7.04. The second kappa shape index (κ2) is 10.5. The van der Waals surface area contributed by atoms with Gasteiger partial charge in [0.2, 0.25) is 23.2 Å². The summed E-state index contributed by atoms with van der Waals surface area (Å²) >= 11 is 1.53. The lowest BCUT2D eigenvalue weighted by Crippen LogP contribution is -2.36. The van der Waals surface area contributed by atoms with Crippen LogP contribution in [-0.2, 0) is 4.79 Å². The molecule has 0 radical (unpaired) electrons. The number of carbonyl (C=O) groups is 1. The summed E-state index contributed by atoms with van der Waals surface area (Å²) in [4.78, 5) is 19.7. The highest BCUT2D eigenvalue weighted by Gasteiger charge is 2.37. The molecule has 36 heavy (non-hydrogen) atoms. The van der Waals surface area contributed by atoms with E-state index in [-0.39, 0.29) is 5.91 Å². The molecule has 1 aromatic heterocycles. The third-order valence-corrected chi connectivity index (χ3v) is 6.97. The predicted molar refractivity (Wildman–Crippen MR) is 143 cm³/mol. The summed E-state index contributed by atoms with van der Waals surface area (Å²) in [5.41, 5.74) is 2.72. The highest BCUT2D eigenvalue weighted by atomic mass is 32.2. The summed E-state index contributed by atoms with van der Waals surface area (Å²) in [6, 6.07) is 19.7. The van der Waals surface area contributed by atoms with E-state index in [0.29, 0.717) is 34.8 Å². The molecule has 1 atom stereocenters. The molecule has 184 valence electrons. The van der Waals surface area contributed by atoms with E-state index in [0.717, 1.165) is 40.5 Å². The quantitative estimate of drug-likeness (QED) is 0.271. The largest absolute Gasteiger partial charge is 0.493 e. The van der Waals surface area contributed by atoms with Crippen LogP contribution >= 0.6 is 11.8 Å². The fourth-order valence-electron chi connectivity index (χ4n) is 4.36. The number of fused-ring (bicyclic) bond motifs is 4. The Morgan fingerprint density at radius 1 is 1.03 bits per heavy atom. The average Bonchev–Trinajstić information content (AvgIpc) is 3.04. The van der Waals surface area contributed by atoms with Gasteiger partial charge < -0.3 is 9.47 Å². The maximum atomic E-state index is 13.3. The number of nitrogens with zero attached hydrogens (tertiary/aromatic N) is 4. The Morgan fingerprint density at radius 2 is 1.83 bits per heavy atom. The number of anilines is 1. The van der Waals surface area contributed by atoms with E-state index in [1.807, 2.05) is 60.7 Å². The van der Waals surface area contributed by atoms with Crippen molar-refractivity contribution in [2.45, 2.75) is 45.0 Å². The number of benzene rings is 3. The molecule has 5 rings (SSSR count). The minimum absolute atomic E-state index is 0.164. The molecule has 0 fully saturated rings. The number of amides is 1. The monoisotopic (exact) mass is 500 g/mol. The number of para-hydroxylation sites is 1. The maximum Gasteiger partial charge on any atom is 0.247 e. The van der Waals surface area contributed by atoms with Gasteiger partial charge >= 0.3 is 0 Å². The molecule has 4 aromatic rings. The molecule has 0 spiro atoms. The number of thioether (sulfide) groups is 1. The molecule has 0 saturated heterocycles. The smallest absolute Gasteiger partial charge is 0.247 e. The van der Waals surface area contributed by atoms with Crippen molar-refractivity contribution in [3.05, 3.63) is 66.2 Å². The summed E-state index contributed by atoms with van der Waals surface area (Å²) in [7, 11) is 0. The second-order valence-corrected chi connectivity index (χ2v) is 9.58. The van der Waals surface area contributed by atoms with Gasteiger partial charge in [-0.05, 0) is 35.7 Å². The summed E-state index contributed by atoms with van der Waals surface area (Å²) < 4.78 is 12.8. The molecule has 0 bridgehead atoms. The highest BCUT2D eigenvalue weighted by Crippen LogP contribution is 2.46. The van der Waals surface area contributed by atoms with Gasteiger partial charge in [-0.15, -0.1) is 10.2 Å². The molecule has 1 amide bonds. The van der Waals surface area contributed by atoms with E-state index in [1.165, 1.54) is 11.8 Å². The highest BCUT2D eigenvalue weighted by molar-refractivity contribution is 7.99. The first-order valence-electron chi connectivity index (χ1n) is 12.2. The molecular formula is C28H28N4O3S. The third-order valence-electron chi connectivity index (χ3n) is 5.93. The maximum absolute atomic E-state index is 13.3.